The summed E-state index contributed by atoms with van der Waals surface area (Å²) in [6.07, 6.45) is 4.88. The number of ether oxygens (including phenoxy) is 1. The van der Waals surface area contributed by atoms with Crippen molar-refractivity contribution in [1.82, 2.24) is 0 Å². The fourth-order valence-corrected chi connectivity index (χ4v) is 3.38. The van der Waals surface area contributed by atoms with E-state index in [1.165, 1.54) is 0 Å². The molecular formula is C16H32O3Si. The average molecular weight is 301 g/mol. The highest BCUT2D eigenvalue weighted by Gasteiger charge is 2.36. The fourth-order valence-electron chi connectivity index (χ4n) is 2.29. The van der Waals surface area contributed by atoms with Crippen LogP contribution in [0.1, 0.15) is 59.8 Å². The Balaban J connectivity index is 2.18. The second-order valence-electron chi connectivity index (χ2n) is 7.76. The molecule has 1 fully saturated rings. The Morgan fingerprint density at radius 3 is 2.50 bits per heavy atom. The van der Waals surface area contributed by atoms with Crippen LogP contribution in [0.15, 0.2) is 0 Å². The second kappa shape index (κ2) is 7.08. The standard InChI is InChI=1S/C16H32O3Si/c1-13-11-14(19-15(17)12-13)9-7-8-10-18-20(5,6)16(2,3)4/h13-14H,7-12H2,1-6H3/t13-,14-/m0/s1. The highest BCUT2D eigenvalue weighted by molar-refractivity contribution is 6.74. The molecule has 0 aromatic rings. The summed E-state index contributed by atoms with van der Waals surface area (Å²) in [7, 11) is -1.60. The third-order valence-electron chi connectivity index (χ3n) is 4.67. The monoisotopic (exact) mass is 300 g/mol. The van der Waals surface area contributed by atoms with Crippen molar-refractivity contribution in [2.45, 2.75) is 84.0 Å². The number of cyclic esters (lactones) is 1. The van der Waals surface area contributed by atoms with E-state index in [0.717, 1.165) is 32.3 Å². The van der Waals surface area contributed by atoms with Crippen molar-refractivity contribution in [3.63, 3.8) is 0 Å². The molecule has 1 rings (SSSR count). The molecule has 4 heteroatoms. The van der Waals surface area contributed by atoms with Crippen molar-refractivity contribution in [2.24, 2.45) is 5.92 Å². The number of esters is 1. The molecule has 2 atom stereocenters. The molecule has 0 aromatic carbocycles. The van der Waals surface area contributed by atoms with E-state index in [9.17, 15) is 4.79 Å². The van der Waals surface area contributed by atoms with Gasteiger partial charge in [0.25, 0.3) is 0 Å². The SMILES string of the molecule is C[C@@H]1CC(=O)O[C@@H](CCCCO[Si](C)(C)C(C)(C)C)C1. The first kappa shape index (κ1) is 17.7. The Morgan fingerprint density at radius 2 is 1.95 bits per heavy atom. The number of carbonyl (C=O) groups excluding carboxylic acids is 1. The molecule has 0 radical (unpaired) electrons. The van der Waals surface area contributed by atoms with Gasteiger partial charge in [-0.2, -0.15) is 0 Å². The maximum absolute atomic E-state index is 11.4. The Hall–Kier alpha value is -0.353. The second-order valence-corrected chi connectivity index (χ2v) is 12.6. The zero-order chi connectivity index (χ0) is 15.4. The minimum atomic E-state index is -1.60. The quantitative estimate of drug-likeness (QED) is 0.411. The first-order chi connectivity index (χ1) is 9.12. The van der Waals surface area contributed by atoms with E-state index in [0.29, 0.717) is 12.3 Å². The summed E-state index contributed by atoms with van der Waals surface area (Å²) in [4.78, 5) is 11.4. The Kier molecular flexibility index (Phi) is 6.26. The van der Waals surface area contributed by atoms with Gasteiger partial charge in [-0.15, -0.1) is 0 Å². The van der Waals surface area contributed by atoms with Gasteiger partial charge in [0, 0.05) is 13.0 Å². The summed E-state index contributed by atoms with van der Waals surface area (Å²) in [5.74, 6) is 0.455. The smallest absolute Gasteiger partial charge is 0.306 e. The molecule has 1 heterocycles. The van der Waals surface area contributed by atoms with E-state index < -0.39 is 8.32 Å². The zero-order valence-electron chi connectivity index (χ0n) is 14.1. The number of hydrogen-bond acceptors (Lipinski definition) is 3. The Labute approximate surface area is 125 Å². The molecular weight excluding hydrogens is 268 g/mol. The van der Waals surface area contributed by atoms with Crippen LogP contribution >= 0.6 is 0 Å². The van der Waals surface area contributed by atoms with Crippen LogP contribution in [0, 0.1) is 5.92 Å². The van der Waals surface area contributed by atoms with E-state index in [-0.39, 0.29) is 17.1 Å². The molecule has 1 saturated heterocycles. The fraction of sp³-hybridized carbons (Fsp3) is 0.938. The van der Waals surface area contributed by atoms with Gasteiger partial charge in [0.1, 0.15) is 6.10 Å². The molecule has 3 nitrogen and oxygen atoms in total. The minimum Gasteiger partial charge on any atom is -0.462 e. The van der Waals surface area contributed by atoms with Crippen LogP contribution in [-0.4, -0.2) is 27.0 Å². The zero-order valence-corrected chi connectivity index (χ0v) is 15.1. The number of carbonyl (C=O) groups is 1. The first-order valence-corrected chi connectivity index (χ1v) is 10.9. The molecule has 20 heavy (non-hydrogen) atoms. The number of rotatable bonds is 6. The molecule has 0 spiro atoms. The topological polar surface area (TPSA) is 35.5 Å². The number of hydrogen-bond donors (Lipinski definition) is 0. The summed E-state index contributed by atoms with van der Waals surface area (Å²) < 4.78 is 11.5. The van der Waals surface area contributed by atoms with Gasteiger partial charge in [-0.05, 0) is 49.7 Å². The van der Waals surface area contributed by atoms with Gasteiger partial charge >= 0.3 is 5.97 Å². The highest BCUT2D eigenvalue weighted by Crippen LogP contribution is 2.36. The summed E-state index contributed by atoms with van der Waals surface area (Å²) in [6, 6.07) is 0. The predicted molar refractivity (Wildman–Crippen MR) is 85.3 cm³/mol. The van der Waals surface area contributed by atoms with E-state index in [1.807, 2.05) is 0 Å². The lowest BCUT2D eigenvalue weighted by molar-refractivity contribution is -0.156. The molecule has 0 bridgehead atoms. The van der Waals surface area contributed by atoms with Gasteiger partial charge in [0.05, 0.1) is 0 Å². The third-order valence-corrected chi connectivity index (χ3v) is 9.21. The van der Waals surface area contributed by atoms with E-state index in [1.54, 1.807) is 0 Å². The maximum Gasteiger partial charge on any atom is 0.306 e. The summed E-state index contributed by atoms with van der Waals surface area (Å²) in [6.45, 7) is 14.3. The van der Waals surface area contributed by atoms with Crippen LogP contribution in [0.25, 0.3) is 0 Å². The van der Waals surface area contributed by atoms with Crippen molar-refractivity contribution in [1.29, 1.82) is 0 Å². The summed E-state index contributed by atoms with van der Waals surface area (Å²) >= 11 is 0. The van der Waals surface area contributed by atoms with Gasteiger partial charge in [-0.25, -0.2) is 0 Å². The molecule has 1 aliphatic heterocycles. The van der Waals surface area contributed by atoms with Crippen LogP contribution in [0.2, 0.25) is 18.1 Å². The maximum atomic E-state index is 11.4. The highest BCUT2D eigenvalue weighted by atomic mass is 28.4. The van der Waals surface area contributed by atoms with Crippen LogP contribution in [0.3, 0.4) is 0 Å². The van der Waals surface area contributed by atoms with Gasteiger partial charge in [0.15, 0.2) is 8.32 Å². The van der Waals surface area contributed by atoms with Gasteiger partial charge in [-0.1, -0.05) is 27.7 Å². The van der Waals surface area contributed by atoms with Crippen molar-refractivity contribution < 1.29 is 14.0 Å². The Morgan fingerprint density at radius 1 is 1.30 bits per heavy atom. The van der Waals surface area contributed by atoms with E-state index in [4.69, 9.17) is 9.16 Å². The summed E-state index contributed by atoms with van der Waals surface area (Å²) in [5.41, 5.74) is 0. The predicted octanol–water partition coefficient (Wildman–Crippen LogP) is 4.52. The third kappa shape index (κ3) is 5.56. The lowest BCUT2D eigenvalue weighted by Gasteiger charge is -2.36. The summed E-state index contributed by atoms with van der Waals surface area (Å²) in [5, 5.41) is 0.279. The van der Waals surface area contributed by atoms with E-state index >= 15 is 0 Å². The van der Waals surface area contributed by atoms with Crippen molar-refractivity contribution in [2.75, 3.05) is 6.61 Å². The van der Waals surface area contributed by atoms with Gasteiger partial charge in [0.2, 0.25) is 0 Å². The largest absolute Gasteiger partial charge is 0.462 e. The average Bonchev–Trinajstić information content (AvgIpc) is 2.25. The number of unbranched alkanes of at least 4 members (excludes halogenated alkanes) is 1. The molecule has 1 aliphatic rings. The van der Waals surface area contributed by atoms with Crippen molar-refractivity contribution >= 4 is 14.3 Å². The molecule has 0 saturated carbocycles. The van der Waals surface area contributed by atoms with Crippen LogP contribution < -0.4 is 0 Å². The van der Waals surface area contributed by atoms with Crippen LogP contribution in [0.4, 0.5) is 0 Å². The molecule has 0 aliphatic carbocycles. The van der Waals surface area contributed by atoms with Crippen LogP contribution in [-0.2, 0) is 14.0 Å². The van der Waals surface area contributed by atoms with Crippen molar-refractivity contribution in [3.8, 4) is 0 Å². The minimum absolute atomic E-state index is 0.0220. The normalized spacial score (nSPS) is 24.6. The molecule has 118 valence electrons. The van der Waals surface area contributed by atoms with Gasteiger partial charge in [-0.3, -0.25) is 4.79 Å². The molecule has 0 N–H and O–H groups in total. The first-order valence-electron chi connectivity index (χ1n) is 7.95. The molecule has 0 unspecified atom stereocenters. The Bertz CT molecular complexity index is 320. The van der Waals surface area contributed by atoms with Gasteiger partial charge < -0.3 is 9.16 Å². The van der Waals surface area contributed by atoms with E-state index in [2.05, 4.69) is 40.8 Å². The van der Waals surface area contributed by atoms with Crippen molar-refractivity contribution in [3.05, 3.63) is 0 Å². The lowest BCUT2D eigenvalue weighted by Crippen LogP contribution is -2.41. The van der Waals surface area contributed by atoms with Crippen LogP contribution in [0.5, 0.6) is 0 Å². The molecule has 0 amide bonds. The lowest BCUT2D eigenvalue weighted by atomic mass is 9.94. The molecule has 0 aromatic heterocycles.